The summed E-state index contributed by atoms with van der Waals surface area (Å²) in [6.07, 6.45) is 2.18. The minimum absolute atomic E-state index is 0.00206. The van der Waals surface area contributed by atoms with Gasteiger partial charge in [-0.2, -0.15) is 0 Å². The number of hydrogen-bond acceptors (Lipinski definition) is 4. The molecule has 0 aromatic carbocycles. The zero-order valence-corrected chi connectivity index (χ0v) is 13.6. The minimum atomic E-state index is -0.475. The van der Waals surface area contributed by atoms with Crippen molar-refractivity contribution in [1.82, 2.24) is 20.4 Å². The van der Waals surface area contributed by atoms with E-state index >= 15 is 0 Å². The Kier molecular flexibility index (Phi) is 5.46. The molecular weight excluding hydrogens is 268 g/mol. The molecule has 6 nitrogen and oxygen atoms in total. The van der Waals surface area contributed by atoms with Crippen molar-refractivity contribution in [1.29, 1.82) is 0 Å². The van der Waals surface area contributed by atoms with Gasteiger partial charge in [0.25, 0.3) is 0 Å². The number of carbonyl (C=O) groups is 1. The van der Waals surface area contributed by atoms with E-state index in [0.717, 1.165) is 45.6 Å². The maximum absolute atomic E-state index is 12.1. The van der Waals surface area contributed by atoms with Crippen molar-refractivity contribution in [2.45, 2.75) is 38.3 Å². The van der Waals surface area contributed by atoms with Gasteiger partial charge in [0.15, 0.2) is 0 Å². The largest absolute Gasteiger partial charge is 0.394 e. The van der Waals surface area contributed by atoms with Crippen LogP contribution in [0.25, 0.3) is 0 Å². The maximum atomic E-state index is 12.1. The molecule has 1 saturated carbocycles. The Labute approximate surface area is 127 Å². The molecule has 2 amide bonds. The molecule has 0 aromatic heterocycles. The first-order chi connectivity index (χ1) is 9.93. The summed E-state index contributed by atoms with van der Waals surface area (Å²) >= 11 is 0. The molecule has 122 valence electrons. The number of carbonyl (C=O) groups excluding carboxylic acids is 1. The Morgan fingerprint density at radius 3 is 2.48 bits per heavy atom. The van der Waals surface area contributed by atoms with Crippen LogP contribution in [0, 0.1) is 5.92 Å². The summed E-state index contributed by atoms with van der Waals surface area (Å²) < 4.78 is 0. The first-order valence-corrected chi connectivity index (χ1v) is 8.03. The highest BCUT2D eigenvalue weighted by atomic mass is 16.3. The van der Waals surface area contributed by atoms with Gasteiger partial charge in [-0.15, -0.1) is 0 Å². The molecule has 1 aliphatic heterocycles. The normalized spacial score (nSPS) is 25.1. The van der Waals surface area contributed by atoms with Crippen molar-refractivity contribution in [3.05, 3.63) is 0 Å². The molecular formula is C15H30N4O2. The molecule has 1 heterocycles. The monoisotopic (exact) mass is 298 g/mol. The molecule has 21 heavy (non-hydrogen) atoms. The summed E-state index contributed by atoms with van der Waals surface area (Å²) in [6, 6.07) is -0.0596. The molecule has 6 heteroatoms. The SMILES string of the molecule is CC(CN1CCN(C)CC1)NC(=O)NC(C)(CO)C1CC1. The van der Waals surface area contributed by atoms with Gasteiger partial charge >= 0.3 is 6.03 Å². The first-order valence-electron chi connectivity index (χ1n) is 8.03. The zero-order valence-electron chi connectivity index (χ0n) is 13.6. The lowest BCUT2D eigenvalue weighted by atomic mass is 9.97. The van der Waals surface area contributed by atoms with Crippen LogP contribution in [0.3, 0.4) is 0 Å². The summed E-state index contributed by atoms with van der Waals surface area (Å²) in [5.41, 5.74) is -0.475. The first kappa shape index (κ1) is 16.5. The molecule has 2 unspecified atom stereocenters. The topological polar surface area (TPSA) is 67.8 Å². The Bertz CT molecular complexity index is 354. The van der Waals surface area contributed by atoms with Crippen LogP contribution in [-0.4, -0.2) is 78.9 Å². The van der Waals surface area contributed by atoms with Gasteiger partial charge in [-0.1, -0.05) is 0 Å². The Balaban J connectivity index is 1.71. The third kappa shape index (κ3) is 4.83. The number of urea groups is 1. The van der Waals surface area contributed by atoms with E-state index in [-0.39, 0.29) is 18.7 Å². The molecule has 0 spiro atoms. The Morgan fingerprint density at radius 2 is 1.95 bits per heavy atom. The number of hydrogen-bond donors (Lipinski definition) is 3. The van der Waals surface area contributed by atoms with Crippen molar-refractivity contribution < 1.29 is 9.90 Å². The average molecular weight is 298 g/mol. The third-order valence-corrected chi connectivity index (χ3v) is 4.71. The number of amides is 2. The van der Waals surface area contributed by atoms with E-state index in [0.29, 0.717) is 5.92 Å². The van der Waals surface area contributed by atoms with Gasteiger partial charge in [-0.3, -0.25) is 4.90 Å². The third-order valence-electron chi connectivity index (χ3n) is 4.71. The summed E-state index contributed by atoms with van der Waals surface area (Å²) in [7, 11) is 2.14. The molecule has 2 aliphatic rings. The zero-order chi connectivity index (χ0) is 15.5. The lowest BCUT2D eigenvalue weighted by Crippen LogP contribution is -2.57. The average Bonchev–Trinajstić information content (AvgIpc) is 3.25. The molecule has 1 aliphatic carbocycles. The Hall–Kier alpha value is -0.850. The number of likely N-dealkylation sites (N-methyl/N-ethyl adjacent to an activating group) is 1. The second kappa shape index (κ2) is 6.94. The fourth-order valence-corrected chi connectivity index (χ4v) is 2.97. The van der Waals surface area contributed by atoms with E-state index in [1.807, 2.05) is 13.8 Å². The van der Waals surface area contributed by atoms with Gasteiger partial charge in [0.2, 0.25) is 0 Å². The summed E-state index contributed by atoms with van der Waals surface area (Å²) in [5, 5.41) is 15.5. The smallest absolute Gasteiger partial charge is 0.315 e. The highest BCUT2D eigenvalue weighted by Crippen LogP contribution is 2.39. The fourth-order valence-electron chi connectivity index (χ4n) is 2.97. The number of nitrogens with zero attached hydrogens (tertiary/aromatic N) is 2. The highest BCUT2D eigenvalue weighted by molar-refractivity contribution is 5.75. The van der Waals surface area contributed by atoms with E-state index in [9.17, 15) is 9.90 Å². The molecule has 0 aromatic rings. The van der Waals surface area contributed by atoms with E-state index in [1.54, 1.807) is 0 Å². The van der Waals surface area contributed by atoms with Gasteiger partial charge in [-0.05, 0) is 39.7 Å². The van der Waals surface area contributed by atoms with Gasteiger partial charge < -0.3 is 20.6 Å². The predicted molar refractivity (Wildman–Crippen MR) is 83.3 cm³/mol. The van der Waals surface area contributed by atoms with Crippen molar-refractivity contribution in [2.75, 3.05) is 46.4 Å². The van der Waals surface area contributed by atoms with Gasteiger partial charge in [0.05, 0.1) is 12.1 Å². The lowest BCUT2D eigenvalue weighted by molar-refractivity contribution is 0.139. The standard InChI is InChI=1S/C15H30N4O2/c1-12(10-19-8-6-18(3)7-9-19)16-14(21)17-15(2,11-20)13-4-5-13/h12-13,20H,4-11H2,1-3H3,(H2,16,17,21). The van der Waals surface area contributed by atoms with E-state index in [1.165, 1.54) is 0 Å². The van der Waals surface area contributed by atoms with Crippen molar-refractivity contribution in [3.63, 3.8) is 0 Å². The molecule has 1 saturated heterocycles. The van der Waals surface area contributed by atoms with Crippen LogP contribution in [0.5, 0.6) is 0 Å². The van der Waals surface area contributed by atoms with Crippen LogP contribution in [0.1, 0.15) is 26.7 Å². The number of aliphatic hydroxyl groups excluding tert-OH is 1. The molecule has 3 N–H and O–H groups in total. The number of piperazine rings is 1. The van der Waals surface area contributed by atoms with Gasteiger partial charge in [0.1, 0.15) is 0 Å². The van der Waals surface area contributed by atoms with Crippen LogP contribution in [0.4, 0.5) is 4.79 Å². The van der Waals surface area contributed by atoms with Gasteiger partial charge in [-0.25, -0.2) is 4.79 Å². The lowest BCUT2D eigenvalue weighted by Gasteiger charge is -2.34. The van der Waals surface area contributed by atoms with Crippen molar-refractivity contribution >= 4 is 6.03 Å². The second-order valence-corrected chi connectivity index (χ2v) is 6.95. The van der Waals surface area contributed by atoms with Crippen LogP contribution in [-0.2, 0) is 0 Å². The number of nitrogens with one attached hydrogen (secondary N) is 2. The molecule has 2 fully saturated rings. The van der Waals surface area contributed by atoms with E-state index < -0.39 is 5.54 Å². The van der Waals surface area contributed by atoms with Crippen LogP contribution >= 0.6 is 0 Å². The summed E-state index contributed by atoms with van der Waals surface area (Å²) in [4.78, 5) is 16.8. The minimum Gasteiger partial charge on any atom is -0.394 e. The van der Waals surface area contributed by atoms with E-state index in [4.69, 9.17) is 0 Å². The predicted octanol–water partition coefficient (Wildman–Crippen LogP) is 0.0825. The van der Waals surface area contributed by atoms with Crippen LogP contribution < -0.4 is 10.6 Å². The molecule has 2 rings (SSSR count). The van der Waals surface area contributed by atoms with Crippen LogP contribution in [0.2, 0.25) is 0 Å². The quantitative estimate of drug-likeness (QED) is 0.650. The van der Waals surface area contributed by atoms with Crippen LogP contribution in [0.15, 0.2) is 0 Å². The highest BCUT2D eigenvalue weighted by Gasteiger charge is 2.42. The summed E-state index contributed by atoms with van der Waals surface area (Å²) in [6.45, 7) is 9.12. The van der Waals surface area contributed by atoms with Crippen molar-refractivity contribution in [3.8, 4) is 0 Å². The molecule has 0 radical (unpaired) electrons. The fraction of sp³-hybridized carbons (Fsp3) is 0.933. The number of rotatable bonds is 6. The van der Waals surface area contributed by atoms with Gasteiger partial charge in [0, 0.05) is 38.8 Å². The van der Waals surface area contributed by atoms with E-state index in [2.05, 4.69) is 27.5 Å². The molecule has 2 atom stereocenters. The maximum Gasteiger partial charge on any atom is 0.315 e. The second-order valence-electron chi connectivity index (χ2n) is 6.95. The van der Waals surface area contributed by atoms with Crippen molar-refractivity contribution in [2.24, 2.45) is 5.92 Å². The summed E-state index contributed by atoms with van der Waals surface area (Å²) in [5.74, 6) is 0.418. The molecule has 0 bridgehead atoms. The Morgan fingerprint density at radius 1 is 1.33 bits per heavy atom. The number of aliphatic hydroxyl groups is 1.